The number of hydrogen-bond acceptors (Lipinski definition) is 6. The van der Waals surface area contributed by atoms with Crippen molar-refractivity contribution in [3.63, 3.8) is 0 Å². The van der Waals surface area contributed by atoms with Gasteiger partial charge in [-0.3, -0.25) is 9.59 Å². The van der Waals surface area contributed by atoms with E-state index in [9.17, 15) is 9.59 Å². The molecule has 0 saturated carbocycles. The smallest absolute Gasteiger partial charge is 0.245 e. The molecule has 0 radical (unpaired) electrons. The van der Waals surface area contributed by atoms with Gasteiger partial charge in [0.1, 0.15) is 5.82 Å². The first kappa shape index (κ1) is 22.4. The van der Waals surface area contributed by atoms with Crippen molar-refractivity contribution in [2.45, 2.75) is 39.7 Å². The molecule has 9 nitrogen and oxygen atoms in total. The van der Waals surface area contributed by atoms with Gasteiger partial charge in [-0.25, -0.2) is 4.98 Å². The van der Waals surface area contributed by atoms with Crippen molar-refractivity contribution < 1.29 is 9.59 Å². The van der Waals surface area contributed by atoms with Gasteiger partial charge in [-0.1, -0.05) is 32.6 Å². The molecule has 9 heteroatoms. The summed E-state index contributed by atoms with van der Waals surface area (Å²) in [6, 6.07) is 7.68. The third kappa shape index (κ3) is 4.87. The van der Waals surface area contributed by atoms with Crippen molar-refractivity contribution in [2.24, 2.45) is 5.92 Å². The predicted molar refractivity (Wildman–Crippen MR) is 127 cm³/mol. The molecule has 172 valence electrons. The number of aromatic nitrogens is 4. The summed E-state index contributed by atoms with van der Waals surface area (Å²) in [6.45, 7) is 11.1. The predicted octanol–water partition coefficient (Wildman–Crippen LogP) is 3.14. The zero-order valence-electron chi connectivity index (χ0n) is 19.2. The lowest BCUT2D eigenvalue weighted by atomic mass is 10.1. The number of hydrogen-bond donors (Lipinski definition) is 2. The average molecular weight is 448 g/mol. The number of rotatable bonds is 7. The first-order valence-electron chi connectivity index (χ1n) is 11.1. The molecule has 0 bridgehead atoms. The van der Waals surface area contributed by atoms with Crippen molar-refractivity contribution in [3.8, 4) is 0 Å². The zero-order valence-corrected chi connectivity index (χ0v) is 19.2. The summed E-state index contributed by atoms with van der Waals surface area (Å²) in [7, 11) is 0. The molecule has 1 aliphatic rings. The van der Waals surface area contributed by atoms with E-state index in [-0.39, 0.29) is 17.7 Å². The van der Waals surface area contributed by atoms with E-state index in [0.29, 0.717) is 43.7 Å². The van der Waals surface area contributed by atoms with Gasteiger partial charge >= 0.3 is 0 Å². The number of aryl methyl sites for hydroxylation is 1. The maximum Gasteiger partial charge on any atom is 0.245 e. The third-order valence-electron chi connectivity index (χ3n) is 5.82. The SMILES string of the molecule is C=CC(=O)N1CCC(C(=O)Nc2cccc(CNc3nc(C)nc4c(C(C)C)cnn34)c2)C1. The fraction of sp³-hybridized carbons (Fsp3) is 0.375. The van der Waals surface area contributed by atoms with Gasteiger partial charge in [0.25, 0.3) is 0 Å². The van der Waals surface area contributed by atoms with Gasteiger partial charge in [-0.2, -0.15) is 14.6 Å². The van der Waals surface area contributed by atoms with Crippen molar-refractivity contribution in [3.05, 3.63) is 60.1 Å². The van der Waals surface area contributed by atoms with Crippen LogP contribution in [0, 0.1) is 12.8 Å². The topological polar surface area (TPSA) is 105 Å². The van der Waals surface area contributed by atoms with Crippen molar-refractivity contribution >= 4 is 29.1 Å². The Kier molecular flexibility index (Phi) is 6.39. The van der Waals surface area contributed by atoms with Crippen LogP contribution in [0.15, 0.2) is 43.1 Å². The fourth-order valence-corrected chi connectivity index (χ4v) is 4.01. The van der Waals surface area contributed by atoms with E-state index in [1.807, 2.05) is 37.4 Å². The normalized spacial score (nSPS) is 15.8. The highest BCUT2D eigenvalue weighted by molar-refractivity contribution is 5.94. The monoisotopic (exact) mass is 447 g/mol. The molecule has 1 unspecified atom stereocenters. The van der Waals surface area contributed by atoms with Crippen LogP contribution in [0.4, 0.5) is 11.6 Å². The zero-order chi connectivity index (χ0) is 23.5. The molecular weight excluding hydrogens is 418 g/mol. The molecule has 1 aliphatic heterocycles. The molecule has 1 aromatic carbocycles. The lowest BCUT2D eigenvalue weighted by Gasteiger charge is -2.15. The second kappa shape index (κ2) is 9.40. The largest absolute Gasteiger partial charge is 0.350 e. The van der Waals surface area contributed by atoms with Crippen LogP contribution >= 0.6 is 0 Å². The van der Waals surface area contributed by atoms with Crippen LogP contribution in [-0.2, 0) is 16.1 Å². The Morgan fingerprint density at radius 2 is 2.12 bits per heavy atom. The maximum atomic E-state index is 12.7. The van der Waals surface area contributed by atoms with Crippen LogP contribution in [-0.4, -0.2) is 49.4 Å². The summed E-state index contributed by atoms with van der Waals surface area (Å²) >= 11 is 0. The van der Waals surface area contributed by atoms with Crippen LogP contribution in [0.1, 0.15) is 43.1 Å². The van der Waals surface area contributed by atoms with Gasteiger partial charge in [0.05, 0.1) is 12.1 Å². The van der Waals surface area contributed by atoms with Gasteiger partial charge in [0.15, 0.2) is 5.65 Å². The first-order valence-corrected chi connectivity index (χ1v) is 11.1. The van der Waals surface area contributed by atoms with E-state index in [1.54, 1.807) is 9.42 Å². The second-order valence-electron chi connectivity index (χ2n) is 8.60. The summed E-state index contributed by atoms with van der Waals surface area (Å²) in [5, 5.41) is 10.8. The van der Waals surface area contributed by atoms with Crippen LogP contribution in [0.25, 0.3) is 5.65 Å². The Hall–Kier alpha value is -3.75. The van der Waals surface area contributed by atoms with Crippen LogP contribution in [0.3, 0.4) is 0 Å². The fourth-order valence-electron chi connectivity index (χ4n) is 4.01. The Morgan fingerprint density at radius 3 is 2.88 bits per heavy atom. The van der Waals surface area contributed by atoms with Gasteiger partial charge in [-0.05, 0) is 43.0 Å². The molecule has 2 N–H and O–H groups in total. The molecule has 4 rings (SSSR count). The van der Waals surface area contributed by atoms with Crippen LogP contribution in [0.5, 0.6) is 0 Å². The Morgan fingerprint density at radius 1 is 1.30 bits per heavy atom. The highest BCUT2D eigenvalue weighted by Gasteiger charge is 2.30. The van der Waals surface area contributed by atoms with Gasteiger partial charge < -0.3 is 15.5 Å². The molecule has 3 heterocycles. The number of nitrogens with zero attached hydrogens (tertiary/aromatic N) is 5. The highest BCUT2D eigenvalue weighted by Crippen LogP contribution is 2.22. The van der Waals surface area contributed by atoms with E-state index in [4.69, 9.17) is 0 Å². The quantitative estimate of drug-likeness (QED) is 0.539. The lowest BCUT2D eigenvalue weighted by molar-refractivity contribution is -0.125. The standard InChI is InChI=1S/C24H29N7O2/c1-5-21(32)30-10-9-18(14-30)23(33)29-19-8-6-7-17(11-19)12-25-24-28-16(4)27-22-20(15(2)3)13-26-31(22)24/h5-8,11,13,15,18H,1,9-10,12,14H2,2-4H3,(H,29,33)(H,25,27,28). The number of likely N-dealkylation sites (tertiary alicyclic amines) is 1. The number of carbonyl (C=O) groups is 2. The van der Waals surface area contributed by atoms with E-state index in [1.165, 1.54) is 6.08 Å². The summed E-state index contributed by atoms with van der Waals surface area (Å²) in [5.41, 5.74) is 3.59. The first-order chi connectivity index (χ1) is 15.9. The Balaban J connectivity index is 1.43. The molecule has 1 saturated heterocycles. The minimum absolute atomic E-state index is 0.0784. The molecule has 33 heavy (non-hydrogen) atoms. The van der Waals surface area contributed by atoms with Crippen molar-refractivity contribution in [2.75, 3.05) is 23.7 Å². The minimum atomic E-state index is -0.220. The van der Waals surface area contributed by atoms with E-state index in [2.05, 4.69) is 46.1 Å². The number of fused-ring (bicyclic) bond motifs is 1. The maximum absolute atomic E-state index is 12.7. The van der Waals surface area contributed by atoms with Gasteiger partial charge in [-0.15, -0.1) is 0 Å². The van der Waals surface area contributed by atoms with E-state index >= 15 is 0 Å². The number of benzene rings is 1. The molecule has 3 aromatic rings. The summed E-state index contributed by atoms with van der Waals surface area (Å²) in [5.74, 6) is 1.18. The molecule has 2 aromatic heterocycles. The van der Waals surface area contributed by atoms with Crippen molar-refractivity contribution in [1.82, 2.24) is 24.5 Å². The lowest BCUT2D eigenvalue weighted by Crippen LogP contribution is -2.30. The number of nitrogens with one attached hydrogen (secondary N) is 2. The summed E-state index contributed by atoms with van der Waals surface area (Å²) in [6.07, 6.45) is 3.77. The molecule has 1 fully saturated rings. The number of amides is 2. The highest BCUT2D eigenvalue weighted by atomic mass is 16.2. The molecule has 1 atom stereocenters. The van der Waals surface area contributed by atoms with Crippen LogP contribution in [0.2, 0.25) is 0 Å². The molecule has 0 spiro atoms. The van der Waals surface area contributed by atoms with Crippen LogP contribution < -0.4 is 10.6 Å². The number of anilines is 2. The summed E-state index contributed by atoms with van der Waals surface area (Å²) < 4.78 is 1.73. The Labute approximate surface area is 192 Å². The van der Waals surface area contributed by atoms with Crippen molar-refractivity contribution in [1.29, 1.82) is 0 Å². The van der Waals surface area contributed by atoms with Gasteiger partial charge in [0, 0.05) is 30.9 Å². The average Bonchev–Trinajstić information content (AvgIpc) is 3.45. The third-order valence-corrected chi connectivity index (χ3v) is 5.82. The molecular formula is C24H29N7O2. The van der Waals surface area contributed by atoms with E-state index < -0.39 is 0 Å². The van der Waals surface area contributed by atoms with E-state index in [0.717, 1.165) is 22.5 Å². The molecule has 2 amide bonds. The summed E-state index contributed by atoms with van der Waals surface area (Å²) in [4.78, 5) is 35.2. The second-order valence-corrected chi connectivity index (χ2v) is 8.60. The number of carbonyl (C=O) groups excluding carboxylic acids is 2. The Bertz CT molecular complexity index is 1200. The minimum Gasteiger partial charge on any atom is -0.350 e. The van der Waals surface area contributed by atoms with Gasteiger partial charge in [0.2, 0.25) is 17.8 Å². The molecule has 0 aliphatic carbocycles.